The van der Waals surface area contributed by atoms with Crippen LogP contribution in [0.15, 0.2) is 24.3 Å². The fourth-order valence-electron chi connectivity index (χ4n) is 3.20. The monoisotopic (exact) mass is 314 g/mol. The van der Waals surface area contributed by atoms with Gasteiger partial charge < -0.3 is 10.6 Å². The van der Waals surface area contributed by atoms with E-state index in [1.54, 1.807) is 13.1 Å². The molecule has 1 aromatic carbocycles. The van der Waals surface area contributed by atoms with Gasteiger partial charge in [0.25, 0.3) is 0 Å². The van der Waals surface area contributed by atoms with Crippen molar-refractivity contribution in [3.8, 4) is 0 Å². The first-order chi connectivity index (χ1) is 10.3. The number of benzene rings is 1. The predicted molar refractivity (Wildman–Crippen MR) is 77.8 cm³/mol. The van der Waals surface area contributed by atoms with Gasteiger partial charge in [0.15, 0.2) is 0 Å². The zero-order chi connectivity index (χ0) is 16.3. The van der Waals surface area contributed by atoms with Crippen LogP contribution in [-0.4, -0.2) is 24.4 Å². The van der Waals surface area contributed by atoms with Crippen molar-refractivity contribution >= 4 is 5.91 Å². The molecule has 3 nitrogen and oxygen atoms in total. The van der Waals surface area contributed by atoms with Crippen LogP contribution in [0.4, 0.5) is 13.2 Å². The minimum Gasteiger partial charge on any atom is -0.341 e. The molecule has 2 atom stereocenters. The molecule has 1 aliphatic carbocycles. The molecule has 0 heterocycles. The zero-order valence-corrected chi connectivity index (χ0v) is 12.6. The van der Waals surface area contributed by atoms with Crippen LogP contribution in [0, 0.1) is 11.8 Å². The molecule has 0 aliphatic heterocycles. The number of alkyl halides is 3. The second-order valence-electron chi connectivity index (χ2n) is 5.88. The highest BCUT2D eigenvalue weighted by molar-refractivity contribution is 5.79. The van der Waals surface area contributed by atoms with Gasteiger partial charge in [-0.25, -0.2) is 0 Å². The molecule has 2 rings (SSSR count). The number of nitrogens with two attached hydrogens (primary N) is 1. The van der Waals surface area contributed by atoms with Crippen LogP contribution in [0.1, 0.15) is 30.4 Å². The maximum absolute atomic E-state index is 13.0. The summed E-state index contributed by atoms with van der Waals surface area (Å²) in [5, 5.41) is 0. The second kappa shape index (κ2) is 6.69. The zero-order valence-electron chi connectivity index (χ0n) is 12.6. The van der Waals surface area contributed by atoms with E-state index >= 15 is 0 Å². The molecule has 0 aromatic heterocycles. The summed E-state index contributed by atoms with van der Waals surface area (Å²) in [6.07, 6.45) is -1.77. The van der Waals surface area contributed by atoms with E-state index in [-0.39, 0.29) is 29.9 Å². The quantitative estimate of drug-likeness (QED) is 0.928. The van der Waals surface area contributed by atoms with E-state index in [1.165, 1.54) is 17.0 Å². The lowest BCUT2D eigenvalue weighted by Gasteiger charge is -2.25. The van der Waals surface area contributed by atoms with Gasteiger partial charge in [0.1, 0.15) is 0 Å². The van der Waals surface area contributed by atoms with Crippen molar-refractivity contribution in [2.24, 2.45) is 17.6 Å². The molecule has 0 saturated heterocycles. The molecule has 2 N–H and O–H groups in total. The van der Waals surface area contributed by atoms with Gasteiger partial charge in [0, 0.05) is 19.5 Å². The summed E-state index contributed by atoms with van der Waals surface area (Å²) in [5.74, 6) is -0.120. The van der Waals surface area contributed by atoms with Gasteiger partial charge in [-0.1, -0.05) is 24.6 Å². The van der Waals surface area contributed by atoms with E-state index in [1.807, 2.05) is 0 Å². The van der Waals surface area contributed by atoms with Gasteiger partial charge in [-0.2, -0.15) is 13.2 Å². The second-order valence-corrected chi connectivity index (χ2v) is 5.88. The number of hydrogen-bond acceptors (Lipinski definition) is 2. The van der Waals surface area contributed by atoms with Gasteiger partial charge >= 0.3 is 6.18 Å². The maximum atomic E-state index is 13.0. The van der Waals surface area contributed by atoms with E-state index in [2.05, 4.69) is 0 Å². The molecule has 1 amide bonds. The van der Waals surface area contributed by atoms with Crippen LogP contribution < -0.4 is 5.73 Å². The van der Waals surface area contributed by atoms with Gasteiger partial charge in [-0.15, -0.1) is 0 Å². The number of amides is 1. The Bertz CT molecular complexity index is 530. The summed E-state index contributed by atoms with van der Waals surface area (Å²) in [7, 11) is 1.56. The van der Waals surface area contributed by atoms with E-state index in [0.29, 0.717) is 6.54 Å². The topological polar surface area (TPSA) is 46.3 Å². The minimum atomic E-state index is -4.41. The summed E-state index contributed by atoms with van der Waals surface area (Å²) >= 11 is 0. The molecule has 22 heavy (non-hydrogen) atoms. The molecular weight excluding hydrogens is 293 g/mol. The molecule has 6 heteroatoms. The first kappa shape index (κ1) is 16.8. The molecule has 0 unspecified atom stereocenters. The summed E-state index contributed by atoms with van der Waals surface area (Å²) in [6.45, 7) is 0.408. The normalized spacial score (nSPS) is 21.9. The van der Waals surface area contributed by atoms with Crippen molar-refractivity contribution in [2.45, 2.75) is 32.0 Å². The summed E-state index contributed by atoms with van der Waals surface area (Å²) < 4.78 is 39.0. The Morgan fingerprint density at radius 1 is 1.32 bits per heavy atom. The number of carbonyl (C=O) groups excluding carboxylic acids is 1. The molecule has 0 spiro atoms. The predicted octanol–water partition coefficient (Wildman–Crippen LogP) is 3.04. The van der Waals surface area contributed by atoms with Crippen LogP contribution in [0.3, 0.4) is 0 Å². The Kier molecular flexibility index (Phi) is 5.11. The van der Waals surface area contributed by atoms with Gasteiger partial charge in [-0.3, -0.25) is 4.79 Å². The number of hydrogen-bond donors (Lipinski definition) is 1. The highest BCUT2D eigenvalue weighted by Crippen LogP contribution is 2.34. The van der Waals surface area contributed by atoms with Crippen LogP contribution in [0.25, 0.3) is 0 Å². The van der Waals surface area contributed by atoms with Crippen molar-refractivity contribution in [3.63, 3.8) is 0 Å². The Morgan fingerprint density at radius 2 is 2.00 bits per heavy atom. The van der Waals surface area contributed by atoms with Crippen molar-refractivity contribution in [2.75, 3.05) is 13.6 Å². The van der Waals surface area contributed by atoms with Crippen molar-refractivity contribution in [3.05, 3.63) is 35.4 Å². The van der Waals surface area contributed by atoms with Crippen LogP contribution >= 0.6 is 0 Å². The molecule has 0 bridgehead atoms. The van der Waals surface area contributed by atoms with Crippen LogP contribution in [0.5, 0.6) is 0 Å². The standard InChI is InChI=1S/C16H21F3N2O/c1-21(15(22)13-7-4-6-11(13)9-20)10-12-5-2-3-8-14(12)16(17,18)19/h2-3,5,8,11,13H,4,6-7,9-10,20H2,1H3/t11-,13-/m1/s1. The number of carbonyl (C=O) groups is 1. The molecule has 1 aliphatic rings. The Hall–Kier alpha value is -1.56. The number of nitrogens with zero attached hydrogens (tertiary/aromatic N) is 1. The van der Waals surface area contributed by atoms with Gasteiger partial charge in [-0.05, 0) is 36.9 Å². The third-order valence-electron chi connectivity index (χ3n) is 4.39. The molecular formula is C16H21F3N2O. The molecule has 0 radical (unpaired) electrons. The summed E-state index contributed by atoms with van der Waals surface area (Å²) in [4.78, 5) is 13.9. The van der Waals surface area contributed by atoms with Crippen LogP contribution in [0.2, 0.25) is 0 Å². The average molecular weight is 314 g/mol. The van der Waals surface area contributed by atoms with Crippen molar-refractivity contribution in [1.29, 1.82) is 0 Å². The first-order valence-electron chi connectivity index (χ1n) is 7.44. The Morgan fingerprint density at radius 3 is 2.64 bits per heavy atom. The summed E-state index contributed by atoms with van der Waals surface area (Å²) in [6, 6.07) is 5.38. The van der Waals surface area contributed by atoms with Crippen molar-refractivity contribution in [1.82, 2.24) is 4.90 Å². The fourth-order valence-corrected chi connectivity index (χ4v) is 3.20. The highest BCUT2D eigenvalue weighted by Gasteiger charge is 2.36. The lowest BCUT2D eigenvalue weighted by Crippen LogP contribution is -2.36. The average Bonchev–Trinajstić information content (AvgIpc) is 2.94. The SMILES string of the molecule is CN(Cc1ccccc1C(F)(F)F)C(=O)[C@@H]1CCC[C@@H]1CN. The Balaban J connectivity index is 2.12. The lowest BCUT2D eigenvalue weighted by atomic mass is 9.94. The van der Waals surface area contributed by atoms with Gasteiger partial charge in [0.05, 0.1) is 5.56 Å². The molecule has 122 valence electrons. The van der Waals surface area contributed by atoms with Crippen molar-refractivity contribution < 1.29 is 18.0 Å². The van der Waals surface area contributed by atoms with E-state index < -0.39 is 11.7 Å². The lowest BCUT2D eigenvalue weighted by molar-refractivity contribution is -0.140. The molecule has 1 saturated carbocycles. The van der Waals surface area contributed by atoms with E-state index in [4.69, 9.17) is 5.73 Å². The maximum Gasteiger partial charge on any atom is 0.416 e. The minimum absolute atomic E-state index is 0.0394. The first-order valence-corrected chi connectivity index (χ1v) is 7.44. The molecule has 1 fully saturated rings. The summed E-state index contributed by atoms with van der Waals surface area (Å²) in [5.41, 5.74) is 5.11. The van der Waals surface area contributed by atoms with E-state index in [9.17, 15) is 18.0 Å². The largest absolute Gasteiger partial charge is 0.416 e. The van der Waals surface area contributed by atoms with E-state index in [0.717, 1.165) is 25.3 Å². The Labute approximate surface area is 128 Å². The third-order valence-corrected chi connectivity index (χ3v) is 4.39. The van der Waals surface area contributed by atoms with Crippen LogP contribution in [-0.2, 0) is 17.5 Å². The van der Waals surface area contributed by atoms with Gasteiger partial charge in [0.2, 0.25) is 5.91 Å². The highest BCUT2D eigenvalue weighted by atomic mass is 19.4. The third kappa shape index (κ3) is 3.61. The number of halogens is 3. The fraction of sp³-hybridized carbons (Fsp3) is 0.562. The number of rotatable bonds is 4. The smallest absolute Gasteiger partial charge is 0.341 e. The molecule has 1 aromatic rings.